The molecule has 0 aliphatic rings. The highest BCUT2D eigenvalue weighted by Gasteiger charge is 2.33. The Kier molecular flexibility index (Phi) is 7.34. The predicted molar refractivity (Wildman–Crippen MR) is 135 cm³/mol. The van der Waals surface area contributed by atoms with E-state index < -0.39 is 21.6 Å². The van der Waals surface area contributed by atoms with Crippen LogP contribution >= 0.6 is 11.6 Å². The van der Waals surface area contributed by atoms with Gasteiger partial charge in [0.2, 0.25) is 0 Å². The SMILES string of the molecule is CCS(=O)(=O)c1ccc(CNC(=O)c2ccn3c(C)c(Cc4ccc(Cl)cc4C(F)(F)F)nc3c2)cc1. The first-order valence-electron chi connectivity index (χ1n) is 11.3. The number of rotatable bonds is 7. The topological polar surface area (TPSA) is 80.5 Å². The highest BCUT2D eigenvalue weighted by Crippen LogP contribution is 2.35. The van der Waals surface area contributed by atoms with E-state index in [4.69, 9.17) is 11.6 Å². The minimum absolute atomic E-state index is 0.000359. The van der Waals surface area contributed by atoms with Crippen molar-refractivity contribution in [1.29, 1.82) is 0 Å². The van der Waals surface area contributed by atoms with Crippen molar-refractivity contribution in [3.05, 3.63) is 99.5 Å². The number of benzene rings is 2. The summed E-state index contributed by atoms with van der Waals surface area (Å²) in [5.41, 5.74) is 1.84. The number of aromatic nitrogens is 2. The van der Waals surface area contributed by atoms with Crippen LogP contribution in [0.1, 0.15) is 45.4 Å². The van der Waals surface area contributed by atoms with Gasteiger partial charge in [0.15, 0.2) is 9.84 Å². The number of aryl methyl sites for hydroxylation is 1. The number of hydrogen-bond acceptors (Lipinski definition) is 4. The summed E-state index contributed by atoms with van der Waals surface area (Å²) in [6, 6.07) is 13.1. The van der Waals surface area contributed by atoms with Gasteiger partial charge in [-0.1, -0.05) is 36.7 Å². The van der Waals surface area contributed by atoms with E-state index in [1.807, 2.05) is 0 Å². The van der Waals surface area contributed by atoms with E-state index in [-0.39, 0.29) is 40.1 Å². The van der Waals surface area contributed by atoms with Gasteiger partial charge >= 0.3 is 6.18 Å². The van der Waals surface area contributed by atoms with Crippen LogP contribution in [0.5, 0.6) is 0 Å². The second kappa shape index (κ2) is 10.2. The molecule has 0 bridgehead atoms. The first-order valence-corrected chi connectivity index (χ1v) is 13.3. The zero-order valence-corrected chi connectivity index (χ0v) is 21.5. The van der Waals surface area contributed by atoms with Gasteiger partial charge in [0.1, 0.15) is 5.65 Å². The van der Waals surface area contributed by atoms with E-state index >= 15 is 0 Å². The number of pyridine rings is 1. The Bertz CT molecular complexity index is 1580. The molecule has 11 heteroatoms. The van der Waals surface area contributed by atoms with E-state index in [9.17, 15) is 26.4 Å². The lowest BCUT2D eigenvalue weighted by Crippen LogP contribution is -2.23. The molecule has 194 valence electrons. The van der Waals surface area contributed by atoms with Crippen LogP contribution in [0.3, 0.4) is 0 Å². The van der Waals surface area contributed by atoms with Crippen LogP contribution < -0.4 is 5.32 Å². The van der Waals surface area contributed by atoms with Crippen LogP contribution in [0.25, 0.3) is 5.65 Å². The second-order valence-electron chi connectivity index (χ2n) is 8.49. The molecule has 0 radical (unpaired) electrons. The number of nitrogens with one attached hydrogen (secondary N) is 1. The lowest BCUT2D eigenvalue weighted by Gasteiger charge is -2.12. The summed E-state index contributed by atoms with van der Waals surface area (Å²) in [6.45, 7) is 3.51. The molecular formula is C26H23ClF3N3O3S. The van der Waals surface area contributed by atoms with Crippen LogP contribution in [0.15, 0.2) is 65.7 Å². The molecule has 0 unspecified atom stereocenters. The molecule has 0 saturated carbocycles. The third-order valence-electron chi connectivity index (χ3n) is 6.08. The maximum atomic E-state index is 13.5. The first-order chi connectivity index (χ1) is 17.4. The fraction of sp³-hybridized carbons (Fsp3) is 0.231. The number of halogens is 4. The highest BCUT2D eigenvalue weighted by molar-refractivity contribution is 7.91. The zero-order chi connectivity index (χ0) is 27.0. The van der Waals surface area contributed by atoms with Crippen LogP contribution in [-0.2, 0) is 29.0 Å². The zero-order valence-electron chi connectivity index (χ0n) is 19.9. The number of amides is 1. The Morgan fingerprint density at radius 2 is 1.78 bits per heavy atom. The molecule has 2 heterocycles. The van der Waals surface area contributed by atoms with Gasteiger partial charge in [-0.15, -0.1) is 0 Å². The van der Waals surface area contributed by atoms with Crippen molar-refractivity contribution in [2.45, 2.75) is 37.9 Å². The molecule has 0 aliphatic carbocycles. The van der Waals surface area contributed by atoms with Crippen LogP contribution in [0, 0.1) is 6.92 Å². The largest absolute Gasteiger partial charge is 0.416 e. The van der Waals surface area contributed by atoms with Gasteiger partial charge in [-0.25, -0.2) is 13.4 Å². The van der Waals surface area contributed by atoms with Crippen molar-refractivity contribution >= 4 is 33.0 Å². The van der Waals surface area contributed by atoms with Crippen molar-refractivity contribution in [3.63, 3.8) is 0 Å². The summed E-state index contributed by atoms with van der Waals surface area (Å²) in [7, 11) is -3.30. The van der Waals surface area contributed by atoms with E-state index in [0.717, 1.165) is 11.6 Å². The number of imidazole rings is 1. The Balaban J connectivity index is 1.52. The molecule has 1 N–H and O–H groups in total. The summed E-state index contributed by atoms with van der Waals surface area (Å²) < 4.78 is 66.1. The number of carbonyl (C=O) groups is 1. The van der Waals surface area contributed by atoms with Gasteiger partial charge in [0.25, 0.3) is 5.91 Å². The van der Waals surface area contributed by atoms with Gasteiger partial charge in [0.05, 0.1) is 21.9 Å². The second-order valence-corrected chi connectivity index (χ2v) is 11.2. The average molecular weight is 550 g/mol. The van der Waals surface area contributed by atoms with E-state index in [2.05, 4.69) is 10.3 Å². The first kappa shape index (κ1) is 26.7. The van der Waals surface area contributed by atoms with E-state index in [1.54, 1.807) is 48.7 Å². The molecule has 1 amide bonds. The van der Waals surface area contributed by atoms with Crippen LogP contribution in [0.2, 0.25) is 5.02 Å². The lowest BCUT2D eigenvalue weighted by molar-refractivity contribution is -0.138. The minimum atomic E-state index is -4.55. The quantitative estimate of drug-likeness (QED) is 0.324. The standard InChI is InChI=1S/C26H23ClF3N3O3S/c1-3-37(35,36)21-8-4-17(5-9-21)15-31-25(34)19-10-11-33-16(2)23(32-24(33)13-19)12-18-6-7-20(27)14-22(18)26(28,29)30/h4-11,13-14H,3,12,15H2,1-2H3,(H,31,34). The molecule has 6 nitrogen and oxygen atoms in total. The van der Waals surface area contributed by atoms with E-state index in [0.29, 0.717) is 22.6 Å². The third-order valence-corrected chi connectivity index (χ3v) is 8.06. The molecule has 2 aromatic heterocycles. The summed E-state index contributed by atoms with van der Waals surface area (Å²) in [4.78, 5) is 17.4. The molecule has 0 spiro atoms. The molecular weight excluding hydrogens is 527 g/mol. The molecule has 4 rings (SSSR count). The number of fused-ring (bicyclic) bond motifs is 1. The maximum absolute atomic E-state index is 13.5. The van der Waals surface area contributed by atoms with Crippen molar-refractivity contribution in [2.75, 3.05) is 5.75 Å². The van der Waals surface area contributed by atoms with Gasteiger partial charge in [-0.05, 0) is 54.4 Å². The number of carbonyl (C=O) groups excluding carboxylic acids is 1. The molecule has 2 aromatic carbocycles. The minimum Gasteiger partial charge on any atom is -0.348 e. The van der Waals surface area contributed by atoms with E-state index in [1.165, 1.54) is 24.3 Å². The number of sulfone groups is 1. The Morgan fingerprint density at radius 1 is 1.08 bits per heavy atom. The van der Waals surface area contributed by atoms with Crippen LogP contribution in [0.4, 0.5) is 13.2 Å². The van der Waals surface area contributed by atoms with Gasteiger partial charge < -0.3 is 9.72 Å². The average Bonchev–Trinajstić information content (AvgIpc) is 3.17. The molecule has 0 aliphatic heterocycles. The van der Waals surface area contributed by atoms with Crippen molar-refractivity contribution in [1.82, 2.24) is 14.7 Å². The summed E-state index contributed by atoms with van der Waals surface area (Å²) >= 11 is 5.78. The predicted octanol–water partition coefficient (Wildman–Crippen LogP) is 5.63. The lowest BCUT2D eigenvalue weighted by atomic mass is 10.0. The smallest absolute Gasteiger partial charge is 0.348 e. The molecule has 0 saturated heterocycles. The Hall–Kier alpha value is -3.37. The Morgan fingerprint density at radius 3 is 2.43 bits per heavy atom. The van der Waals surface area contributed by atoms with Gasteiger partial charge in [-0.3, -0.25) is 4.79 Å². The molecule has 37 heavy (non-hydrogen) atoms. The fourth-order valence-corrected chi connectivity index (χ4v) is 4.99. The van der Waals surface area contributed by atoms with Crippen molar-refractivity contribution in [2.24, 2.45) is 0 Å². The maximum Gasteiger partial charge on any atom is 0.416 e. The molecule has 0 atom stereocenters. The number of alkyl halides is 3. The normalized spacial score (nSPS) is 12.2. The Labute approximate surface area is 217 Å². The molecule has 0 fully saturated rings. The van der Waals surface area contributed by atoms with Gasteiger partial charge in [-0.2, -0.15) is 13.2 Å². The highest BCUT2D eigenvalue weighted by atomic mass is 35.5. The summed E-state index contributed by atoms with van der Waals surface area (Å²) in [5, 5.41) is 2.78. The number of hydrogen-bond donors (Lipinski definition) is 1. The van der Waals surface area contributed by atoms with Crippen molar-refractivity contribution in [3.8, 4) is 0 Å². The van der Waals surface area contributed by atoms with Crippen molar-refractivity contribution < 1.29 is 26.4 Å². The summed E-state index contributed by atoms with van der Waals surface area (Å²) in [5.74, 6) is -0.365. The molecule has 4 aromatic rings. The third kappa shape index (κ3) is 5.80. The number of nitrogens with zero attached hydrogens (tertiary/aromatic N) is 2. The van der Waals surface area contributed by atoms with Crippen LogP contribution in [-0.4, -0.2) is 29.5 Å². The fourth-order valence-electron chi connectivity index (χ4n) is 3.94. The summed E-state index contributed by atoms with van der Waals surface area (Å²) in [6.07, 6.45) is -2.96. The van der Waals surface area contributed by atoms with Gasteiger partial charge in [0, 0.05) is 35.4 Å². The monoisotopic (exact) mass is 549 g/mol.